The summed E-state index contributed by atoms with van der Waals surface area (Å²) in [6.07, 6.45) is 0. The van der Waals surface area contributed by atoms with E-state index in [0.717, 1.165) is 44.5 Å². The molecule has 0 radical (unpaired) electrons. The number of hydrogen-bond acceptors (Lipinski definition) is 3. The van der Waals surface area contributed by atoms with Crippen LogP contribution in [0.5, 0.6) is 0 Å². The van der Waals surface area contributed by atoms with Gasteiger partial charge in [-0.15, -0.1) is 0 Å². The van der Waals surface area contributed by atoms with Crippen molar-refractivity contribution in [3.63, 3.8) is 0 Å². The fourth-order valence-electron chi connectivity index (χ4n) is 11.8. The number of hydrogen-bond donors (Lipinski definition) is 0. The average molecular weight is 928 g/mol. The van der Waals surface area contributed by atoms with Crippen molar-refractivity contribution in [2.75, 3.05) is 0 Å². The summed E-state index contributed by atoms with van der Waals surface area (Å²) in [5.41, 5.74) is 16.1. The zero-order valence-electron chi connectivity index (χ0n) is 39.8. The SMILES string of the molecule is c1ccc(-c2ccccc2-c2nc(-c3cccc(-c4cccc(-c5c6ccccc6cc6c5ccc5ccccc56)c4)c3)nc(-c3cccc4c3-c3ccccc3C4(c3ccccc3)c3ccccc3)n2)cc1. The first-order chi connectivity index (χ1) is 36.2. The highest BCUT2D eigenvalue weighted by atomic mass is 15.0. The van der Waals surface area contributed by atoms with Crippen LogP contribution in [0.15, 0.2) is 273 Å². The second kappa shape index (κ2) is 17.4. The lowest BCUT2D eigenvalue weighted by Crippen LogP contribution is -2.28. The Morgan fingerprint density at radius 2 is 0.726 bits per heavy atom. The summed E-state index contributed by atoms with van der Waals surface area (Å²) in [5, 5.41) is 7.45. The van der Waals surface area contributed by atoms with E-state index in [1.807, 2.05) is 0 Å². The molecule has 0 bridgehead atoms. The lowest BCUT2D eigenvalue weighted by molar-refractivity contribution is 0.768. The van der Waals surface area contributed by atoms with Gasteiger partial charge in [0.2, 0.25) is 0 Å². The highest BCUT2D eigenvalue weighted by molar-refractivity contribution is 6.20. The van der Waals surface area contributed by atoms with Gasteiger partial charge in [0.1, 0.15) is 0 Å². The zero-order chi connectivity index (χ0) is 48.3. The Hall–Kier alpha value is -9.57. The zero-order valence-corrected chi connectivity index (χ0v) is 39.8. The molecule has 0 N–H and O–H groups in total. The normalized spacial score (nSPS) is 12.5. The van der Waals surface area contributed by atoms with Gasteiger partial charge in [-0.25, -0.2) is 15.0 Å². The van der Waals surface area contributed by atoms with E-state index in [-0.39, 0.29) is 0 Å². The van der Waals surface area contributed by atoms with Crippen molar-refractivity contribution in [2.24, 2.45) is 0 Å². The van der Waals surface area contributed by atoms with E-state index in [4.69, 9.17) is 15.0 Å². The second-order valence-corrected chi connectivity index (χ2v) is 19.0. The van der Waals surface area contributed by atoms with E-state index in [1.54, 1.807) is 0 Å². The number of rotatable bonds is 8. The van der Waals surface area contributed by atoms with Gasteiger partial charge in [-0.05, 0) is 117 Å². The minimum Gasteiger partial charge on any atom is -0.208 e. The number of aromatic nitrogens is 3. The van der Waals surface area contributed by atoms with Crippen LogP contribution in [0.1, 0.15) is 22.3 Å². The van der Waals surface area contributed by atoms with Crippen LogP contribution in [0.25, 0.3) is 111 Å². The molecule has 0 aliphatic heterocycles. The molecule has 12 aromatic carbocycles. The molecular formula is C70H45N3. The Bertz CT molecular complexity index is 4220. The van der Waals surface area contributed by atoms with Gasteiger partial charge < -0.3 is 0 Å². The van der Waals surface area contributed by atoms with E-state index >= 15 is 0 Å². The van der Waals surface area contributed by atoms with E-state index in [0.29, 0.717) is 17.5 Å². The van der Waals surface area contributed by atoms with Crippen LogP contribution in [0.4, 0.5) is 0 Å². The molecule has 0 saturated heterocycles. The largest absolute Gasteiger partial charge is 0.208 e. The summed E-state index contributed by atoms with van der Waals surface area (Å²) in [6.45, 7) is 0. The van der Waals surface area contributed by atoms with E-state index < -0.39 is 5.41 Å². The molecule has 0 spiro atoms. The molecule has 13 aromatic rings. The molecule has 0 fully saturated rings. The molecular weight excluding hydrogens is 883 g/mol. The minimum absolute atomic E-state index is 0.571. The van der Waals surface area contributed by atoms with Gasteiger partial charge in [0.05, 0.1) is 5.41 Å². The van der Waals surface area contributed by atoms with E-state index in [2.05, 4.69) is 273 Å². The second-order valence-electron chi connectivity index (χ2n) is 19.0. The quantitative estimate of drug-likeness (QED) is 0.113. The van der Waals surface area contributed by atoms with Crippen LogP contribution in [0.3, 0.4) is 0 Å². The predicted octanol–water partition coefficient (Wildman–Crippen LogP) is 17.7. The summed E-state index contributed by atoms with van der Waals surface area (Å²) in [7, 11) is 0. The van der Waals surface area contributed by atoms with Gasteiger partial charge >= 0.3 is 0 Å². The maximum Gasteiger partial charge on any atom is 0.164 e. The van der Waals surface area contributed by atoms with Crippen molar-refractivity contribution in [3.8, 4) is 78.7 Å². The van der Waals surface area contributed by atoms with Crippen LogP contribution < -0.4 is 0 Å². The van der Waals surface area contributed by atoms with Gasteiger partial charge in [0.25, 0.3) is 0 Å². The molecule has 0 atom stereocenters. The van der Waals surface area contributed by atoms with Crippen molar-refractivity contribution >= 4 is 32.3 Å². The molecule has 0 saturated carbocycles. The van der Waals surface area contributed by atoms with Crippen LogP contribution in [-0.4, -0.2) is 15.0 Å². The Labute approximate surface area is 424 Å². The third-order valence-electron chi connectivity index (χ3n) is 15.0. The van der Waals surface area contributed by atoms with Crippen LogP contribution in [0.2, 0.25) is 0 Å². The van der Waals surface area contributed by atoms with Gasteiger partial charge in [0, 0.05) is 16.7 Å². The molecule has 73 heavy (non-hydrogen) atoms. The van der Waals surface area contributed by atoms with Crippen LogP contribution in [0, 0.1) is 0 Å². The molecule has 3 nitrogen and oxygen atoms in total. The Morgan fingerprint density at radius 1 is 0.233 bits per heavy atom. The minimum atomic E-state index is -0.571. The summed E-state index contributed by atoms with van der Waals surface area (Å²) in [5.74, 6) is 1.84. The Morgan fingerprint density at radius 3 is 1.47 bits per heavy atom. The first kappa shape index (κ1) is 42.3. The molecule has 1 heterocycles. The van der Waals surface area contributed by atoms with Crippen LogP contribution >= 0.6 is 0 Å². The predicted molar refractivity (Wildman–Crippen MR) is 302 cm³/mol. The first-order valence-electron chi connectivity index (χ1n) is 25.0. The molecule has 340 valence electrons. The van der Waals surface area contributed by atoms with Crippen molar-refractivity contribution in [3.05, 3.63) is 295 Å². The highest BCUT2D eigenvalue weighted by Gasteiger charge is 2.47. The summed E-state index contributed by atoms with van der Waals surface area (Å²) >= 11 is 0. The average Bonchev–Trinajstić information content (AvgIpc) is 3.80. The number of nitrogens with zero attached hydrogens (tertiary/aromatic N) is 3. The van der Waals surface area contributed by atoms with Gasteiger partial charge in [-0.3, -0.25) is 0 Å². The molecule has 14 rings (SSSR count). The molecule has 1 aromatic heterocycles. The Kier molecular flexibility index (Phi) is 10.1. The first-order valence-corrected chi connectivity index (χ1v) is 25.0. The van der Waals surface area contributed by atoms with Crippen molar-refractivity contribution in [1.29, 1.82) is 0 Å². The molecule has 1 aliphatic rings. The van der Waals surface area contributed by atoms with E-state index in [9.17, 15) is 0 Å². The smallest absolute Gasteiger partial charge is 0.164 e. The van der Waals surface area contributed by atoms with Gasteiger partial charge in [-0.1, -0.05) is 255 Å². The summed E-state index contributed by atoms with van der Waals surface area (Å²) in [4.78, 5) is 16.4. The monoisotopic (exact) mass is 927 g/mol. The molecule has 0 amide bonds. The molecule has 0 unspecified atom stereocenters. The maximum atomic E-state index is 5.52. The number of fused-ring (bicyclic) bond motifs is 7. The topological polar surface area (TPSA) is 38.7 Å². The Balaban J connectivity index is 0.969. The van der Waals surface area contributed by atoms with Gasteiger partial charge in [-0.2, -0.15) is 0 Å². The van der Waals surface area contributed by atoms with Crippen molar-refractivity contribution < 1.29 is 0 Å². The lowest BCUT2D eigenvalue weighted by Gasteiger charge is -2.33. The fraction of sp³-hybridized carbons (Fsp3) is 0.0143. The lowest BCUT2D eigenvalue weighted by atomic mass is 9.67. The number of benzene rings is 12. The standard InChI is InChI=1S/C70H45N3/c1-4-21-46(22-5-1)55-33-14-15-36-59(55)68-71-67(72-69(73-68)61-38-20-40-64-66(61)60-37-16-17-39-63(60)70(64,53-29-6-2-7-30-53)54-31-8-3-9-32-54)52-28-19-26-49(44-52)48-25-18-27-51(43-48)65-57-35-13-11-24-50(57)45-62-56-34-12-10-23-47(56)41-42-58(62)65/h1-45H. The van der Waals surface area contributed by atoms with Crippen LogP contribution in [-0.2, 0) is 5.41 Å². The summed E-state index contributed by atoms with van der Waals surface area (Å²) in [6, 6.07) is 98.4. The highest BCUT2D eigenvalue weighted by Crippen LogP contribution is 2.58. The molecule has 3 heteroatoms. The molecule has 1 aliphatic carbocycles. The van der Waals surface area contributed by atoms with Crippen molar-refractivity contribution in [2.45, 2.75) is 5.41 Å². The third kappa shape index (κ3) is 6.93. The fourth-order valence-corrected chi connectivity index (χ4v) is 11.8. The van der Waals surface area contributed by atoms with Crippen molar-refractivity contribution in [1.82, 2.24) is 15.0 Å². The van der Waals surface area contributed by atoms with Gasteiger partial charge in [0.15, 0.2) is 17.5 Å². The van der Waals surface area contributed by atoms with E-state index in [1.165, 1.54) is 71.3 Å². The summed E-state index contributed by atoms with van der Waals surface area (Å²) < 4.78 is 0. The third-order valence-corrected chi connectivity index (χ3v) is 15.0. The maximum absolute atomic E-state index is 5.52.